The number of nitrogens with zero attached hydrogens (tertiary/aromatic N) is 2. The minimum Gasteiger partial charge on any atom is -0.336 e. The Balaban J connectivity index is 1.54. The summed E-state index contributed by atoms with van der Waals surface area (Å²) >= 11 is 9.14. The van der Waals surface area contributed by atoms with Crippen molar-refractivity contribution in [1.29, 1.82) is 0 Å². The largest absolute Gasteiger partial charge is 0.336 e. The fourth-order valence-corrected chi connectivity index (χ4v) is 3.97. The van der Waals surface area contributed by atoms with Crippen molar-refractivity contribution in [2.45, 2.75) is 6.42 Å². The number of amides is 2. The summed E-state index contributed by atoms with van der Waals surface area (Å²) in [6, 6.07) is 8.97. The SMILES string of the molecule is CN(CC(=O)Nc1ccccc1Cl)C(=O)Cc1csc(-c2ccsc2)n1. The summed E-state index contributed by atoms with van der Waals surface area (Å²) in [5.74, 6) is -0.465. The zero-order chi connectivity index (χ0) is 18.5. The maximum atomic E-state index is 12.3. The lowest BCUT2D eigenvalue weighted by molar-refractivity contribution is -0.132. The maximum Gasteiger partial charge on any atom is 0.244 e. The molecule has 8 heteroatoms. The lowest BCUT2D eigenvalue weighted by Gasteiger charge is -2.16. The number of carbonyl (C=O) groups excluding carboxylic acids is 2. The predicted octanol–water partition coefficient (Wildman–Crippen LogP) is 4.16. The maximum absolute atomic E-state index is 12.3. The Hall–Kier alpha value is -2.22. The molecule has 2 aromatic heterocycles. The van der Waals surface area contributed by atoms with Crippen LogP contribution >= 0.6 is 34.3 Å². The van der Waals surface area contributed by atoms with E-state index in [0.717, 1.165) is 10.6 Å². The highest BCUT2D eigenvalue weighted by molar-refractivity contribution is 7.14. The van der Waals surface area contributed by atoms with Gasteiger partial charge in [0.15, 0.2) is 0 Å². The fraction of sp³-hybridized carbons (Fsp3) is 0.167. The summed E-state index contributed by atoms with van der Waals surface area (Å²) in [5.41, 5.74) is 2.30. The number of hydrogen-bond acceptors (Lipinski definition) is 5. The van der Waals surface area contributed by atoms with Crippen LogP contribution in [-0.4, -0.2) is 35.3 Å². The first kappa shape index (κ1) is 18.6. The molecule has 0 unspecified atom stereocenters. The van der Waals surface area contributed by atoms with E-state index in [9.17, 15) is 9.59 Å². The fourth-order valence-electron chi connectivity index (χ4n) is 2.25. The van der Waals surface area contributed by atoms with Gasteiger partial charge in [0.1, 0.15) is 5.01 Å². The van der Waals surface area contributed by atoms with Crippen LogP contribution in [0, 0.1) is 0 Å². The van der Waals surface area contributed by atoms with Crippen LogP contribution in [0.1, 0.15) is 5.69 Å². The number of likely N-dealkylation sites (N-methyl/N-ethyl adjacent to an activating group) is 1. The first-order valence-corrected chi connectivity index (χ1v) is 9.98. The molecule has 0 radical (unpaired) electrons. The topological polar surface area (TPSA) is 62.3 Å². The van der Waals surface area contributed by atoms with Gasteiger partial charge in [-0.05, 0) is 23.6 Å². The minimum atomic E-state index is -0.300. The number of halogens is 1. The van der Waals surface area contributed by atoms with E-state index in [1.54, 1.807) is 42.6 Å². The first-order chi connectivity index (χ1) is 12.5. The highest BCUT2D eigenvalue weighted by Gasteiger charge is 2.16. The molecule has 1 aromatic carbocycles. The van der Waals surface area contributed by atoms with Crippen LogP contribution in [0.5, 0.6) is 0 Å². The van der Waals surface area contributed by atoms with Gasteiger partial charge in [0.25, 0.3) is 0 Å². The van der Waals surface area contributed by atoms with E-state index in [2.05, 4.69) is 10.3 Å². The number of hydrogen-bond donors (Lipinski definition) is 1. The molecule has 0 saturated heterocycles. The number of thiophene rings is 1. The number of carbonyl (C=O) groups is 2. The molecule has 5 nitrogen and oxygen atoms in total. The number of nitrogens with one attached hydrogen (secondary N) is 1. The number of thiazole rings is 1. The standard InChI is InChI=1S/C18H16ClN3O2S2/c1-22(9-16(23)21-15-5-3-2-4-14(15)19)17(24)8-13-11-26-18(20-13)12-6-7-25-10-12/h2-7,10-11H,8-9H2,1H3,(H,21,23). The van der Waals surface area contributed by atoms with Gasteiger partial charge >= 0.3 is 0 Å². The van der Waals surface area contributed by atoms with Crippen LogP contribution in [0.25, 0.3) is 10.6 Å². The third-order valence-electron chi connectivity index (χ3n) is 3.61. The number of rotatable bonds is 6. The second kappa shape index (κ2) is 8.44. The summed E-state index contributed by atoms with van der Waals surface area (Å²) < 4.78 is 0. The monoisotopic (exact) mass is 405 g/mol. The zero-order valence-corrected chi connectivity index (χ0v) is 16.3. The average molecular weight is 406 g/mol. The molecule has 0 aliphatic rings. The van der Waals surface area contributed by atoms with Gasteiger partial charge in [-0.1, -0.05) is 23.7 Å². The molecule has 0 atom stereocenters. The van der Waals surface area contributed by atoms with E-state index < -0.39 is 0 Å². The van der Waals surface area contributed by atoms with Gasteiger partial charge in [0, 0.05) is 23.4 Å². The van der Waals surface area contributed by atoms with Gasteiger partial charge in [-0.25, -0.2) is 4.98 Å². The van der Waals surface area contributed by atoms with E-state index in [0.29, 0.717) is 16.4 Å². The first-order valence-electron chi connectivity index (χ1n) is 7.78. The molecule has 2 heterocycles. The molecule has 0 saturated carbocycles. The molecule has 3 aromatic rings. The third-order valence-corrected chi connectivity index (χ3v) is 5.56. The Labute approximate surface area is 164 Å². The smallest absolute Gasteiger partial charge is 0.244 e. The Morgan fingerprint density at radius 1 is 1.23 bits per heavy atom. The summed E-state index contributed by atoms with van der Waals surface area (Å²) in [7, 11) is 1.60. The Morgan fingerprint density at radius 3 is 2.77 bits per heavy atom. The molecule has 134 valence electrons. The molecule has 0 aliphatic heterocycles. The Bertz CT molecular complexity index is 909. The van der Waals surface area contributed by atoms with Crippen molar-refractivity contribution in [1.82, 2.24) is 9.88 Å². The third kappa shape index (κ3) is 4.69. The molecular formula is C18H16ClN3O2S2. The van der Waals surface area contributed by atoms with Gasteiger partial charge in [-0.3, -0.25) is 9.59 Å². The predicted molar refractivity (Wildman–Crippen MR) is 107 cm³/mol. The van der Waals surface area contributed by atoms with Gasteiger partial charge in [-0.2, -0.15) is 11.3 Å². The summed E-state index contributed by atoms with van der Waals surface area (Å²) in [6.45, 7) is -0.0500. The molecule has 0 aliphatic carbocycles. The number of anilines is 1. The van der Waals surface area contributed by atoms with Crippen molar-refractivity contribution < 1.29 is 9.59 Å². The van der Waals surface area contributed by atoms with E-state index in [1.807, 2.05) is 22.2 Å². The lowest BCUT2D eigenvalue weighted by Crippen LogP contribution is -2.35. The second-order valence-corrected chi connectivity index (χ2v) is 7.66. The van der Waals surface area contributed by atoms with Crippen molar-refractivity contribution in [2.24, 2.45) is 0 Å². The van der Waals surface area contributed by atoms with Crippen LogP contribution < -0.4 is 5.32 Å². The summed E-state index contributed by atoms with van der Waals surface area (Å²) in [4.78, 5) is 30.3. The minimum absolute atomic E-state index is 0.0500. The molecule has 0 bridgehead atoms. The zero-order valence-electron chi connectivity index (χ0n) is 13.9. The van der Waals surface area contributed by atoms with Crippen molar-refractivity contribution in [2.75, 3.05) is 18.9 Å². The van der Waals surface area contributed by atoms with Crippen molar-refractivity contribution in [3.8, 4) is 10.6 Å². The quantitative estimate of drug-likeness (QED) is 0.669. The van der Waals surface area contributed by atoms with Gasteiger partial charge in [0.2, 0.25) is 11.8 Å². The number of aromatic nitrogens is 1. The molecule has 1 N–H and O–H groups in total. The number of para-hydroxylation sites is 1. The Kier molecular flexibility index (Phi) is 6.03. The molecule has 0 spiro atoms. The van der Waals surface area contributed by atoms with Crippen LogP contribution in [0.15, 0.2) is 46.5 Å². The molecule has 3 rings (SSSR count). The van der Waals surface area contributed by atoms with Crippen molar-refractivity contribution >= 4 is 51.8 Å². The van der Waals surface area contributed by atoms with Gasteiger partial charge < -0.3 is 10.2 Å². The van der Waals surface area contributed by atoms with E-state index in [1.165, 1.54) is 16.2 Å². The molecule has 0 fully saturated rings. The van der Waals surface area contributed by atoms with Crippen molar-refractivity contribution in [3.63, 3.8) is 0 Å². The van der Waals surface area contributed by atoms with E-state index >= 15 is 0 Å². The van der Waals surface area contributed by atoms with Crippen molar-refractivity contribution in [3.05, 3.63) is 57.2 Å². The second-order valence-electron chi connectivity index (χ2n) is 5.61. The highest BCUT2D eigenvalue weighted by Crippen LogP contribution is 2.26. The normalized spacial score (nSPS) is 10.5. The van der Waals surface area contributed by atoms with Gasteiger partial charge in [0.05, 0.1) is 29.4 Å². The van der Waals surface area contributed by atoms with Crippen LogP contribution in [-0.2, 0) is 16.0 Å². The van der Waals surface area contributed by atoms with E-state index in [4.69, 9.17) is 11.6 Å². The molecule has 2 amide bonds. The number of benzene rings is 1. The van der Waals surface area contributed by atoms with Crippen LogP contribution in [0.2, 0.25) is 5.02 Å². The average Bonchev–Trinajstić information content (AvgIpc) is 3.28. The van der Waals surface area contributed by atoms with Gasteiger partial charge in [-0.15, -0.1) is 11.3 Å². The lowest BCUT2D eigenvalue weighted by atomic mass is 10.3. The molecular weight excluding hydrogens is 390 g/mol. The van der Waals surface area contributed by atoms with E-state index in [-0.39, 0.29) is 24.8 Å². The van der Waals surface area contributed by atoms with Crippen LogP contribution in [0.3, 0.4) is 0 Å². The highest BCUT2D eigenvalue weighted by atomic mass is 35.5. The Morgan fingerprint density at radius 2 is 2.04 bits per heavy atom. The summed E-state index contributed by atoms with van der Waals surface area (Å²) in [6.07, 6.45) is 0.163. The molecule has 26 heavy (non-hydrogen) atoms. The summed E-state index contributed by atoms with van der Waals surface area (Å²) in [5, 5.41) is 9.95. The van der Waals surface area contributed by atoms with Crippen LogP contribution in [0.4, 0.5) is 5.69 Å².